The van der Waals surface area contributed by atoms with Gasteiger partial charge in [0.05, 0.1) is 17.7 Å². The monoisotopic (exact) mass is 312 g/mol. The summed E-state index contributed by atoms with van der Waals surface area (Å²) < 4.78 is 18.4. The quantitative estimate of drug-likeness (QED) is 0.859. The maximum absolute atomic E-state index is 13.0. The van der Waals surface area contributed by atoms with Crippen molar-refractivity contribution in [2.75, 3.05) is 24.8 Å². The number of rotatable bonds is 6. The minimum absolute atomic E-state index is 0.0150. The number of nitrogens with zero attached hydrogens (tertiary/aromatic N) is 1. The lowest BCUT2D eigenvalue weighted by Crippen LogP contribution is -2.43. The van der Waals surface area contributed by atoms with E-state index in [-0.39, 0.29) is 36.8 Å². The predicted octanol–water partition coefficient (Wildman–Crippen LogP) is 1.24. The summed E-state index contributed by atoms with van der Waals surface area (Å²) in [6, 6.07) is 5.60. The van der Waals surface area contributed by atoms with E-state index in [1.165, 1.54) is 28.8 Å². The van der Waals surface area contributed by atoms with Gasteiger partial charge in [-0.05, 0) is 19.1 Å². The molecule has 1 aromatic carbocycles. The van der Waals surface area contributed by atoms with Crippen molar-refractivity contribution in [3.8, 4) is 5.75 Å². The average molecular weight is 312 g/mol. The van der Waals surface area contributed by atoms with E-state index in [4.69, 9.17) is 4.74 Å². The molecule has 114 valence electrons. The molecule has 7 heteroatoms. The van der Waals surface area contributed by atoms with Crippen LogP contribution in [0.2, 0.25) is 0 Å². The number of hydrogen-bond acceptors (Lipinski definition) is 4. The largest absolute Gasteiger partial charge is 0.491 e. The minimum Gasteiger partial charge on any atom is -0.491 e. The number of carbonyl (C=O) groups is 2. The van der Waals surface area contributed by atoms with Crippen molar-refractivity contribution in [2.45, 2.75) is 13.0 Å². The summed E-state index contributed by atoms with van der Waals surface area (Å²) in [6.45, 7) is 2.09. The van der Waals surface area contributed by atoms with Crippen molar-refractivity contribution in [1.29, 1.82) is 0 Å². The van der Waals surface area contributed by atoms with Crippen LogP contribution in [0.15, 0.2) is 24.3 Å². The third-order valence-corrected chi connectivity index (χ3v) is 3.81. The van der Waals surface area contributed by atoms with Crippen molar-refractivity contribution in [3.05, 3.63) is 30.1 Å². The van der Waals surface area contributed by atoms with E-state index in [2.05, 4.69) is 5.32 Å². The van der Waals surface area contributed by atoms with Crippen LogP contribution in [-0.4, -0.2) is 47.5 Å². The van der Waals surface area contributed by atoms with Gasteiger partial charge < -0.3 is 15.0 Å². The van der Waals surface area contributed by atoms with Gasteiger partial charge in [0.15, 0.2) is 0 Å². The highest BCUT2D eigenvalue weighted by Gasteiger charge is 2.23. The molecule has 1 saturated heterocycles. The molecule has 21 heavy (non-hydrogen) atoms. The van der Waals surface area contributed by atoms with Crippen LogP contribution in [0, 0.1) is 5.82 Å². The lowest BCUT2D eigenvalue weighted by Gasteiger charge is -2.18. The van der Waals surface area contributed by atoms with Crippen LogP contribution in [0.25, 0.3) is 0 Å². The molecule has 1 aliphatic rings. The highest BCUT2D eigenvalue weighted by molar-refractivity contribution is 8.00. The van der Waals surface area contributed by atoms with Crippen LogP contribution in [0.4, 0.5) is 4.39 Å². The SMILES string of the molecule is CC(COc1cccc(F)c1)NC(=O)CN1CSCC1=O. The van der Waals surface area contributed by atoms with Gasteiger partial charge in [-0.3, -0.25) is 9.59 Å². The number of amides is 2. The van der Waals surface area contributed by atoms with Gasteiger partial charge in [-0.2, -0.15) is 0 Å². The van der Waals surface area contributed by atoms with Gasteiger partial charge >= 0.3 is 0 Å². The molecule has 0 saturated carbocycles. The molecular weight excluding hydrogens is 295 g/mol. The van der Waals surface area contributed by atoms with Gasteiger partial charge in [-0.25, -0.2) is 4.39 Å². The molecule has 0 spiro atoms. The Hall–Kier alpha value is -1.76. The van der Waals surface area contributed by atoms with E-state index in [0.717, 1.165) is 0 Å². The van der Waals surface area contributed by atoms with E-state index in [1.807, 2.05) is 0 Å². The summed E-state index contributed by atoms with van der Waals surface area (Å²) in [5, 5.41) is 2.75. The molecule has 1 unspecified atom stereocenters. The van der Waals surface area contributed by atoms with Crippen molar-refractivity contribution in [1.82, 2.24) is 10.2 Å². The molecule has 1 fully saturated rings. The Balaban J connectivity index is 1.72. The molecule has 0 aromatic heterocycles. The molecule has 1 heterocycles. The Bertz CT molecular complexity index is 527. The molecule has 1 atom stereocenters. The highest BCUT2D eigenvalue weighted by atomic mass is 32.2. The minimum atomic E-state index is -0.366. The average Bonchev–Trinajstić information content (AvgIpc) is 2.82. The Morgan fingerprint density at radius 3 is 3.05 bits per heavy atom. The summed E-state index contributed by atoms with van der Waals surface area (Å²) in [6.07, 6.45) is 0. The van der Waals surface area contributed by atoms with Crippen LogP contribution in [0.1, 0.15) is 6.92 Å². The van der Waals surface area contributed by atoms with E-state index in [9.17, 15) is 14.0 Å². The van der Waals surface area contributed by atoms with Gasteiger partial charge in [0, 0.05) is 6.07 Å². The molecule has 1 N–H and O–H groups in total. The lowest BCUT2D eigenvalue weighted by molar-refractivity contribution is -0.132. The number of halogens is 1. The van der Waals surface area contributed by atoms with Crippen LogP contribution in [-0.2, 0) is 9.59 Å². The van der Waals surface area contributed by atoms with Gasteiger partial charge in [0.1, 0.15) is 24.7 Å². The summed E-state index contributed by atoms with van der Waals surface area (Å²) in [5.74, 6) is 0.808. The first-order valence-corrected chi connectivity index (χ1v) is 7.73. The zero-order chi connectivity index (χ0) is 15.2. The lowest BCUT2D eigenvalue weighted by atomic mass is 10.3. The third kappa shape index (κ3) is 4.93. The van der Waals surface area contributed by atoms with Crippen molar-refractivity contribution in [2.24, 2.45) is 0 Å². The fourth-order valence-corrected chi connectivity index (χ4v) is 2.76. The fourth-order valence-electron chi connectivity index (χ4n) is 1.85. The molecule has 2 amide bonds. The number of hydrogen-bond donors (Lipinski definition) is 1. The normalized spacial score (nSPS) is 15.9. The molecule has 2 rings (SSSR count). The molecule has 1 aliphatic heterocycles. The number of nitrogens with one attached hydrogen (secondary N) is 1. The second-order valence-electron chi connectivity index (χ2n) is 4.81. The molecule has 0 bridgehead atoms. The predicted molar refractivity (Wildman–Crippen MR) is 78.5 cm³/mol. The van der Waals surface area contributed by atoms with Gasteiger partial charge in [-0.15, -0.1) is 11.8 Å². The summed E-state index contributed by atoms with van der Waals surface area (Å²) in [7, 11) is 0. The highest BCUT2D eigenvalue weighted by Crippen LogP contribution is 2.14. The first-order chi connectivity index (χ1) is 10.0. The summed E-state index contributed by atoms with van der Waals surface area (Å²) in [4.78, 5) is 24.7. The Kier molecular flexibility index (Phi) is 5.44. The maximum Gasteiger partial charge on any atom is 0.239 e. The van der Waals surface area contributed by atoms with E-state index >= 15 is 0 Å². The summed E-state index contributed by atoms with van der Waals surface area (Å²) >= 11 is 1.50. The fraction of sp³-hybridized carbons (Fsp3) is 0.429. The molecule has 0 aliphatic carbocycles. The number of carbonyl (C=O) groups excluding carboxylic acids is 2. The third-order valence-electron chi connectivity index (χ3n) is 2.86. The van der Waals surface area contributed by atoms with Gasteiger partial charge in [0.25, 0.3) is 0 Å². The molecular formula is C14H17FN2O3S. The van der Waals surface area contributed by atoms with Crippen LogP contribution in [0.3, 0.4) is 0 Å². The first-order valence-electron chi connectivity index (χ1n) is 6.58. The van der Waals surface area contributed by atoms with Crippen molar-refractivity contribution >= 4 is 23.6 Å². The standard InChI is InChI=1S/C14H17FN2O3S/c1-10(7-20-12-4-2-3-11(15)5-12)16-13(18)6-17-9-21-8-14(17)19/h2-5,10H,6-9H2,1H3,(H,16,18). The second kappa shape index (κ2) is 7.31. The van der Waals surface area contributed by atoms with Gasteiger partial charge in [-0.1, -0.05) is 6.07 Å². The van der Waals surface area contributed by atoms with E-state index in [0.29, 0.717) is 17.4 Å². The van der Waals surface area contributed by atoms with E-state index < -0.39 is 0 Å². The van der Waals surface area contributed by atoms with Crippen LogP contribution in [0.5, 0.6) is 5.75 Å². The number of thioether (sulfide) groups is 1. The van der Waals surface area contributed by atoms with Crippen LogP contribution < -0.4 is 10.1 Å². The topological polar surface area (TPSA) is 58.6 Å². The molecule has 1 aromatic rings. The summed E-state index contributed by atoms with van der Waals surface area (Å²) in [5.41, 5.74) is 0. The zero-order valence-corrected chi connectivity index (χ0v) is 12.5. The Morgan fingerprint density at radius 2 is 2.38 bits per heavy atom. The number of ether oxygens (including phenoxy) is 1. The number of benzene rings is 1. The molecule has 0 radical (unpaired) electrons. The second-order valence-corrected chi connectivity index (χ2v) is 5.76. The van der Waals surface area contributed by atoms with Crippen molar-refractivity contribution in [3.63, 3.8) is 0 Å². The van der Waals surface area contributed by atoms with Gasteiger partial charge in [0.2, 0.25) is 11.8 Å². The smallest absolute Gasteiger partial charge is 0.239 e. The zero-order valence-electron chi connectivity index (χ0n) is 11.7. The maximum atomic E-state index is 13.0. The van der Waals surface area contributed by atoms with E-state index in [1.54, 1.807) is 19.1 Å². The van der Waals surface area contributed by atoms with Crippen LogP contribution >= 0.6 is 11.8 Å². The Labute approximate surface area is 126 Å². The Morgan fingerprint density at radius 1 is 1.57 bits per heavy atom. The molecule has 5 nitrogen and oxygen atoms in total. The first kappa shape index (κ1) is 15.6. The van der Waals surface area contributed by atoms with Crippen molar-refractivity contribution < 1.29 is 18.7 Å².